The first-order chi connectivity index (χ1) is 10.3. The van der Waals surface area contributed by atoms with E-state index in [0.717, 1.165) is 16.3 Å². The zero-order chi connectivity index (χ0) is 14.7. The summed E-state index contributed by atoms with van der Waals surface area (Å²) in [6.07, 6.45) is 0.699. The second kappa shape index (κ2) is 5.93. The van der Waals surface area contributed by atoms with Crippen molar-refractivity contribution in [2.45, 2.75) is 26.6 Å². The summed E-state index contributed by atoms with van der Waals surface area (Å²) in [5.74, 6) is 1.66. The Morgan fingerprint density at radius 1 is 1.10 bits per heavy atom. The minimum atomic E-state index is -0.0826. The van der Waals surface area contributed by atoms with E-state index >= 15 is 0 Å². The molecule has 0 saturated carbocycles. The number of nitrogens with zero attached hydrogens (tertiary/aromatic N) is 2. The zero-order valence-corrected chi connectivity index (χ0v) is 11.7. The van der Waals surface area contributed by atoms with Gasteiger partial charge in [0.05, 0.1) is 6.61 Å². The maximum Gasteiger partial charge on any atom is 0.253 e. The fraction of sp³-hybridized carbons (Fsp3) is 0.250. The highest BCUT2D eigenvalue weighted by atomic mass is 16.5. The van der Waals surface area contributed by atoms with Crippen LogP contribution in [0.25, 0.3) is 10.8 Å². The summed E-state index contributed by atoms with van der Waals surface area (Å²) in [6.45, 7) is 2.06. The molecule has 5 heteroatoms. The molecule has 1 N–H and O–H groups in total. The van der Waals surface area contributed by atoms with E-state index in [0.29, 0.717) is 24.0 Å². The second-order valence-corrected chi connectivity index (χ2v) is 4.65. The second-order valence-electron chi connectivity index (χ2n) is 4.65. The monoisotopic (exact) mass is 284 g/mol. The molecule has 21 heavy (non-hydrogen) atoms. The van der Waals surface area contributed by atoms with E-state index in [1.54, 1.807) is 0 Å². The lowest BCUT2D eigenvalue weighted by Crippen LogP contribution is -2.00. The lowest BCUT2D eigenvalue weighted by atomic mass is 10.0. The fourth-order valence-electron chi connectivity index (χ4n) is 2.24. The van der Waals surface area contributed by atoms with Crippen LogP contribution in [0.1, 0.15) is 24.3 Å². The average molecular weight is 284 g/mol. The number of aryl methyl sites for hydroxylation is 1. The van der Waals surface area contributed by atoms with Gasteiger partial charge in [-0.2, -0.15) is 0 Å². The molecule has 5 nitrogen and oxygen atoms in total. The van der Waals surface area contributed by atoms with E-state index in [9.17, 15) is 5.11 Å². The number of rotatable bonds is 5. The average Bonchev–Trinajstić information content (AvgIpc) is 3.00. The molecule has 0 aliphatic rings. The Bertz CT molecular complexity index is 752. The van der Waals surface area contributed by atoms with Crippen LogP contribution in [0, 0.1) is 0 Å². The third kappa shape index (κ3) is 2.73. The highest BCUT2D eigenvalue weighted by Crippen LogP contribution is 2.28. The molecule has 3 aromatic rings. The summed E-state index contributed by atoms with van der Waals surface area (Å²) in [7, 11) is 0. The van der Waals surface area contributed by atoms with Crippen molar-refractivity contribution in [3.8, 4) is 5.75 Å². The van der Waals surface area contributed by atoms with E-state index < -0.39 is 0 Å². The first-order valence-corrected chi connectivity index (χ1v) is 6.87. The molecule has 0 bridgehead atoms. The van der Waals surface area contributed by atoms with Gasteiger partial charge in [0.25, 0.3) is 5.89 Å². The molecule has 0 amide bonds. The van der Waals surface area contributed by atoms with E-state index in [-0.39, 0.29) is 13.2 Å². The van der Waals surface area contributed by atoms with Gasteiger partial charge in [-0.3, -0.25) is 0 Å². The summed E-state index contributed by atoms with van der Waals surface area (Å²) >= 11 is 0. The van der Waals surface area contributed by atoms with Gasteiger partial charge in [0.1, 0.15) is 5.75 Å². The SMILES string of the molecule is CCc1nnc(COc2ccc3ccccc3c2CO)o1. The van der Waals surface area contributed by atoms with Gasteiger partial charge < -0.3 is 14.3 Å². The lowest BCUT2D eigenvalue weighted by Gasteiger charge is -2.11. The number of fused-ring (bicyclic) bond motifs is 1. The van der Waals surface area contributed by atoms with Gasteiger partial charge >= 0.3 is 0 Å². The predicted molar refractivity (Wildman–Crippen MR) is 77.9 cm³/mol. The molecule has 0 aliphatic heterocycles. The number of ether oxygens (including phenoxy) is 1. The summed E-state index contributed by atoms with van der Waals surface area (Å²) in [6, 6.07) is 11.7. The van der Waals surface area contributed by atoms with Crippen LogP contribution >= 0.6 is 0 Å². The van der Waals surface area contributed by atoms with Crippen LogP contribution in [0.2, 0.25) is 0 Å². The largest absolute Gasteiger partial charge is 0.483 e. The summed E-state index contributed by atoms with van der Waals surface area (Å²) < 4.78 is 11.1. The van der Waals surface area contributed by atoms with Gasteiger partial charge in [-0.05, 0) is 16.8 Å². The van der Waals surface area contributed by atoms with Gasteiger partial charge in [0, 0.05) is 12.0 Å². The molecule has 2 aromatic carbocycles. The molecule has 0 radical (unpaired) electrons. The molecular weight excluding hydrogens is 268 g/mol. The maximum atomic E-state index is 9.62. The number of aliphatic hydroxyl groups is 1. The Morgan fingerprint density at radius 2 is 1.90 bits per heavy atom. The molecule has 1 heterocycles. The molecule has 3 rings (SSSR count). The Morgan fingerprint density at radius 3 is 2.67 bits per heavy atom. The zero-order valence-electron chi connectivity index (χ0n) is 11.7. The first kappa shape index (κ1) is 13.6. The Kier molecular flexibility index (Phi) is 3.83. The quantitative estimate of drug-likeness (QED) is 0.780. The van der Waals surface area contributed by atoms with Crippen molar-refractivity contribution in [1.82, 2.24) is 10.2 Å². The molecule has 0 aliphatic carbocycles. The van der Waals surface area contributed by atoms with Crippen molar-refractivity contribution in [1.29, 1.82) is 0 Å². The number of aliphatic hydroxyl groups excluding tert-OH is 1. The van der Waals surface area contributed by atoms with Crippen LogP contribution < -0.4 is 4.74 Å². The van der Waals surface area contributed by atoms with E-state index in [1.165, 1.54) is 0 Å². The summed E-state index contributed by atoms with van der Waals surface area (Å²) in [5, 5.41) is 19.5. The summed E-state index contributed by atoms with van der Waals surface area (Å²) in [4.78, 5) is 0. The fourth-order valence-corrected chi connectivity index (χ4v) is 2.24. The smallest absolute Gasteiger partial charge is 0.253 e. The van der Waals surface area contributed by atoms with Crippen LogP contribution in [-0.2, 0) is 19.6 Å². The van der Waals surface area contributed by atoms with Crippen LogP contribution in [-0.4, -0.2) is 15.3 Å². The molecule has 0 spiro atoms. The van der Waals surface area contributed by atoms with Crippen molar-refractivity contribution in [3.05, 3.63) is 53.7 Å². The number of hydrogen-bond donors (Lipinski definition) is 1. The van der Waals surface area contributed by atoms with E-state index in [2.05, 4.69) is 10.2 Å². The highest BCUT2D eigenvalue weighted by Gasteiger charge is 2.10. The molecule has 1 aromatic heterocycles. The number of aromatic nitrogens is 2. The molecule has 0 atom stereocenters. The van der Waals surface area contributed by atoms with Crippen molar-refractivity contribution in [3.63, 3.8) is 0 Å². The van der Waals surface area contributed by atoms with Gasteiger partial charge in [-0.1, -0.05) is 37.3 Å². The molecule has 0 unspecified atom stereocenters. The summed E-state index contributed by atoms with van der Waals surface area (Å²) in [5.41, 5.74) is 0.767. The van der Waals surface area contributed by atoms with Crippen molar-refractivity contribution in [2.24, 2.45) is 0 Å². The van der Waals surface area contributed by atoms with Crippen molar-refractivity contribution >= 4 is 10.8 Å². The topological polar surface area (TPSA) is 68.4 Å². The minimum Gasteiger partial charge on any atom is -0.483 e. The molecular formula is C16H16N2O3. The van der Waals surface area contributed by atoms with Crippen LogP contribution in [0.5, 0.6) is 5.75 Å². The Balaban J connectivity index is 1.86. The van der Waals surface area contributed by atoms with E-state index in [4.69, 9.17) is 9.15 Å². The van der Waals surface area contributed by atoms with Crippen molar-refractivity contribution in [2.75, 3.05) is 0 Å². The normalized spacial score (nSPS) is 11.0. The van der Waals surface area contributed by atoms with Gasteiger partial charge in [0.2, 0.25) is 5.89 Å². The first-order valence-electron chi connectivity index (χ1n) is 6.87. The number of hydrogen-bond acceptors (Lipinski definition) is 5. The maximum absolute atomic E-state index is 9.62. The van der Waals surface area contributed by atoms with Gasteiger partial charge in [-0.25, -0.2) is 0 Å². The van der Waals surface area contributed by atoms with Gasteiger partial charge in [-0.15, -0.1) is 10.2 Å². The third-order valence-corrected chi connectivity index (χ3v) is 3.32. The van der Waals surface area contributed by atoms with Crippen LogP contribution in [0.4, 0.5) is 0 Å². The third-order valence-electron chi connectivity index (χ3n) is 3.32. The molecule has 0 saturated heterocycles. The minimum absolute atomic E-state index is 0.0826. The van der Waals surface area contributed by atoms with E-state index in [1.807, 2.05) is 43.3 Å². The van der Waals surface area contributed by atoms with Crippen LogP contribution in [0.15, 0.2) is 40.8 Å². The standard InChI is InChI=1S/C16H16N2O3/c1-2-15-17-18-16(21-15)10-20-14-8-7-11-5-3-4-6-12(11)13(14)9-19/h3-8,19H,2,9-10H2,1H3. The molecule has 108 valence electrons. The number of benzene rings is 2. The Labute approximate surface area is 122 Å². The Hall–Kier alpha value is -2.40. The van der Waals surface area contributed by atoms with Crippen LogP contribution in [0.3, 0.4) is 0 Å². The lowest BCUT2D eigenvalue weighted by molar-refractivity contribution is 0.240. The van der Waals surface area contributed by atoms with Gasteiger partial charge in [0.15, 0.2) is 6.61 Å². The highest BCUT2D eigenvalue weighted by molar-refractivity contribution is 5.87. The van der Waals surface area contributed by atoms with Crippen molar-refractivity contribution < 1.29 is 14.3 Å². The predicted octanol–water partition coefficient (Wildman–Crippen LogP) is 2.86. The molecule has 0 fully saturated rings.